The number of hydrogen-bond donors (Lipinski definition) is 0. The van der Waals surface area contributed by atoms with Gasteiger partial charge in [0.05, 0.1) is 21.9 Å². The fourth-order valence-corrected chi connectivity index (χ4v) is 3.35. The predicted octanol–water partition coefficient (Wildman–Crippen LogP) is 6.28. The van der Waals surface area contributed by atoms with Gasteiger partial charge in [-0.15, -0.1) is 0 Å². The fraction of sp³-hybridized carbons (Fsp3) is 0.208. The van der Waals surface area contributed by atoms with E-state index in [0.717, 1.165) is 46.3 Å². The maximum absolute atomic E-state index is 11.6. The van der Waals surface area contributed by atoms with Crippen molar-refractivity contribution in [2.24, 2.45) is 4.99 Å². The molecule has 3 aromatic rings. The molecular formula is C24H25N3O4. The van der Waals surface area contributed by atoms with Crippen LogP contribution >= 0.6 is 0 Å². The molecule has 1 aliphatic carbocycles. The first-order chi connectivity index (χ1) is 14.8. The van der Waals surface area contributed by atoms with E-state index in [1.165, 1.54) is 0 Å². The van der Waals surface area contributed by atoms with Crippen LogP contribution in [-0.4, -0.2) is 22.6 Å². The molecule has 0 saturated heterocycles. The van der Waals surface area contributed by atoms with Crippen molar-refractivity contribution in [2.45, 2.75) is 27.7 Å². The van der Waals surface area contributed by atoms with E-state index in [0.29, 0.717) is 5.56 Å². The lowest BCUT2D eigenvalue weighted by molar-refractivity contribution is -0.445. The van der Waals surface area contributed by atoms with E-state index in [9.17, 15) is 10.1 Å². The van der Waals surface area contributed by atoms with E-state index < -0.39 is 4.92 Å². The topological polar surface area (TPSA) is 98.6 Å². The molecule has 1 aliphatic rings. The Morgan fingerprint density at radius 3 is 1.94 bits per heavy atom. The minimum Gasteiger partial charge on any atom is -0.265 e. The highest BCUT2D eigenvalue weighted by atomic mass is 16.6. The van der Waals surface area contributed by atoms with Crippen molar-refractivity contribution >= 4 is 17.1 Å². The van der Waals surface area contributed by atoms with E-state index in [4.69, 9.17) is 15.1 Å². The van der Waals surface area contributed by atoms with Crippen LogP contribution in [0.1, 0.15) is 36.1 Å². The van der Waals surface area contributed by atoms with Crippen molar-refractivity contribution < 1.29 is 9.85 Å². The first kappa shape index (κ1) is 23.4. The van der Waals surface area contributed by atoms with Gasteiger partial charge in [0.1, 0.15) is 0 Å². The monoisotopic (exact) mass is 419 g/mol. The zero-order chi connectivity index (χ0) is 23.1. The summed E-state index contributed by atoms with van der Waals surface area (Å²) >= 11 is 0. The van der Waals surface area contributed by atoms with Crippen LogP contribution in [-0.2, 0) is 0 Å². The van der Waals surface area contributed by atoms with Crippen molar-refractivity contribution in [1.82, 2.24) is 0 Å². The molecule has 160 valence electrons. The van der Waals surface area contributed by atoms with Crippen LogP contribution in [0, 0.1) is 34.1 Å². The summed E-state index contributed by atoms with van der Waals surface area (Å²) in [7, 11) is 0.889. The molecule has 0 fully saturated rings. The summed E-state index contributed by atoms with van der Waals surface area (Å²) in [5, 5.41) is 20.4. The summed E-state index contributed by atoms with van der Waals surface area (Å²) in [5.41, 5.74) is 7.06. The standard InChI is InChI=1S/C21H16N2O2.C2H6.CH3NO2/c1-13-8-9-16-17(10-13)21(22-15-6-4-3-5-7-15)18-11-14(2)12-19(20(16)18)23(24)25;1-2;1-2(3)4/h3-12H,1-2H3;1-2H3;1H3. The van der Waals surface area contributed by atoms with Crippen LogP contribution in [0.5, 0.6) is 0 Å². The molecule has 0 saturated carbocycles. The largest absolute Gasteiger partial charge is 0.278 e. The highest BCUT2D eigenvalue weighted by Crippen LogP contribution is 2.44. The SMILES string of the molecule is CC.C[N+](=O)[O-].Cc1ccc2c(c1)C(=Nc1ccccc1)c1cc(C)cc([N+](=O)[O-])c1-2. The van der Waals surface area contributed by atoms with Gasteiger partial charge in [-0.3, -0.25) is 20.2 Å². The molecule has 0 spiro atoms. The van der Waals surface area contributed by atoms with Crippen molar-refractivity contribution in [1.29, 1.82) is 0 Å². The lowest BCUT2D eigenvalue weighted by atomic mass is 10.0. The Kier molecular flexibility index (Phi) is 7.74. The minimum absolute atomic E-state index is 0.137. The Morgan fingerprint density at radius 2 is 1.35 bits per heavy atom. The van der Waals surface area contributed by atoms with Gasteiger partial charge in [-0.2, -0.15) is 0 Å². The van der Waals surface area contributed by atoms with Crippen molar-refractivity contribution in [3.05, 3.63) is 103 Å². The van der Waals surface area contributed by atoms with E-state index in [-0.39, 0.29) is 10.6 Å². The Hall–Kier alpha value is -3.87. The molecule has 3 aromatic carbocycles. The first-order valence-electron chi connectivity index (χ1n) is 9.90. The number of benzene rings is 3. The molecule has 0 atom stereocenters. The number of aryl methyl sites for hydroxylation is 2. The number of para-hydroxylation sites is 1. The van der Waals surface area contributed by atoms with Gasteiger partial charge in [0.15, 0.2) is 7.05 Å². The third-order valence-electron chi connectivity index (χ3n) is 4.41. The molecule has 0 aromatic heterocycles. The average Bonchev–Trinajstić information content (AvgIpc) is 3.02. The van der Waals surface area contributed by atoms with Crippen LogP contribution < -0.4 is 0 Å². The van der Waals surface area contributed by atoms with Gasteiger partial charge >= 0.3 is 0 Å². The van der Waals surface area contributed by atoms with Gasteiger partial charge in [-0.05, 0) is 49.2 Å². The van der Waals surface area contributed by atoms with Gasteiger partial charge in [0, 0.05) is 22.1 Å². The molecule has 31 heavy (non-hydrogen) atoms. The van der Waals surface area contributed by atoms with Gasteiger partial charge in [0.25, 0.3) is 5.69 Å². The predicted molar refractivity (Wildman–Crippen MR) is 124 cm³/mol. The quantitative estimate of drug-likeness (QED) is 0.282. The third-order valence-corrected chi connectivity index (χ3v) is 4.41. The van der Waals surface area contributed by atoms with Crippen molar-refractivity contribution in [3.8, 4) is 11.1 Å². The molecule has 0 aliphatic heterocycles. The van der Waals surface area contributed by atoms with Crippen LogP contribution in [0.3, 0.4) is 0 Å². The number of nitrogens with zero attached hydrogens (tertiary/aromatic N) is 3. The van der Waals surface area contributed by atoms with Crippen molar-refractivity contribution in [3.63, 3.8) is 0 Å². The second-order valence-electron chi connectivity index (χ2n) is 6.75. The normalized spacial score (nSPS) is 12.0. The molecule has 0 amide bonds. The molecule has 0 unspecified atom stereocenters. The zero-order valence-electron chi connectivity index (χ0n) is 18.2. The maximum atomic E-state index is 11.6. The molecule has 0 heterocycles. The number of rotatable bonds is 2. The zero-order valence-corrected chi connectivity index (χ0v) is 18.2. The Morgan fingerprint density at radius 1 is 0.774 bits per heavy atom. The number of hydrogen-bond acceptors (Lipinski definition) is 5. The van der Waals surface area contributed by atoms with Crippen LogP contribution in [0.4, 0.5) is 11.4 Å². The highest BCUT2D eigenvalue weighted by Gasteiger charge is 2.32. The molecule has 7 nitrogen and oxygen atoms in total. The number of nitro groups is 2. The molecule has 4 rings (SSSR count). The maximum Gasteiger partial charge on any atom is 0.278 e. The van der Waals surface area contributed by atoms with Gasteiger partial charge in [-0.25, -0.2) is 4.99 Å². The van der Waals surface area contributed by atoms with E-state index in [1.54, 1.807) is 6.07 Å². The van der Waals surface area contributed by atoms with Crippen LogP contribution in [0.15, 0.2) is 65.7 Å². The van der Waals surface area contributed by atoms with Gasteiger partial charge in [-0.1, -0.05) is 49.7 Å². The minimum atomic E-state index is -0.500. The first-order valence-corrected chi connectivity index (χ1v) is 9.90. The molecule has 0 N–H and O–H groups in total. The number of nitro benzene ring substituents is 1. The fourth-order valence-electron chi connectivity index (χ4n) is 3.35. The van der Waals surface area contributed by atoms with Gasteiger partial charge < -0.3 is 0 Å². The Balaban J connectivity index is 0.000000513. The Bertz CT molecular complexity index is 1140. The summed E-state index contributed by atoms with van der Waals surface area (Å²) in [6, 6.07) is 19.3. The molecule has 7 heteroatoms. The second kappa shape index (κ2) is 10.2. The summed E-state index contributed by atoms with van der Waals surface area (Å²) in [6.07, 6.45) is 0. The lowest BCUT2D eigenvalue weighted by Gasteiger charge is -2.04. The smallest absolute Gasteiger partial charge is 0.265 e. The molecule has 0 radical (unpaired) electrons. The summed E-state index contributed by atoms with van der Waals surface area (Å²) < 4.78 is 0. The van der Waals surface area contributed by atoms with Gasteiger partial charge in [0.2, 0.25) is 0 Å². The van der Waals surface area contributed by atoms with Crippen LogP contribution in [0.2, 0.25) is 0 Å². The van der Waals surface area contributed by atoms with Crippen LogP contribution in [0.25, 0.3) is 11.1 Å². The number of aliphatic imine (C=N–C) groups is 1. The average molecular weight is 419 g/mol. The summed E-state index contributed by atoms with van der Waals surface area (Å²) in [6.45, 7) is 7.89. The van der Waals surface area contributed by atoms with Crippen molar-refractivity contribution in [2.75, 3.05) is 7.05 Å². The lowest BCUT2D eigenvalue weighted by Crippen LogP contribution is -2.00. The van der Waals surface area contributed by atoms with E-state index in [2.05, 4.69) is 6.07 Å². The second-order valence-corrected chi connectivity index (χ2v) is 6.75. The molecular weight excluding hydrogens is 394 g/mol. The summed E-state index contributed by atoms with van der Waals surface area (Å²) in [4.78, 5) is 24.4. The van der Waals surface area contributed by atoms with E-state index >= 15 is 0 Å². The Labute approximate surface area is 181 Å². The third kappa shape index (κ3) is 5.39. The summed E-state index contributed by atoms with van der Waals surface area (Å²) in [5.74, 6) is 0. The number of fused-ring (bicyclic) bond motifs is 3. The van der Waals surface area contributed by atoms with E-state index in [1.807, 2.05) is 76.2 Å². The molecule has 0 bridgehead atoms. The highest BCUT2D eigenvalue weighted by molar-refractivity contribution is 6.26.